The average Bonchev–Trinajstić information content (AvgIpc) is 2.47. The molecule has 5 heteroatoms. The van der Waals surface area contributed by atoms with Crippen LogP contribution in [0.15, 0.2) is 24.3 Å². The van der Waals surface area contributed by atoms with Crippen LogP contribution in [0.5, 0.6) is 0 Å². The topological polar surface area (TPSA) is 72.2 Å². The van der Waals surface area contributed by atoms with E-state index < -0.39 is 5.41 Å². The van der Waals surface area contributed by atoms with Gasteiger partial charge in [-0.25, -0.2) is 0 Å². The van der Waals surface area contributed by atoms with E-state index >= 15 is 0 Å². The molecule has 0 bridgehead atoms. The number of benzene rings is 1. The van der Waals surface area contributed by atoms with Gasteiger partial charge in [-0.1, -0.05) is 36.2 Å². The molecule has 0 radical (unpaired) electrons. The van der Waals surface area contributed by atoms with Crippen molar-refractivity contribution in [2.24, 2.45) is 5.73 Å². The van der Waals surface area contributed by atoms with Crippen LogP contribution in [0, 0.1) is 0 Å². The van der Waals surface area contributed by atoms with Gasteiger partial charge in [-0.05, 0) is 24.5 Å². The highest BCUT2D eigenvalue weighted by Crippen LogP contribution is 2.39. The minimum atomic E-state index is -0.707. The SMILES string of the molecule is NCC(=O)NC[C@@]1(c2ccccc2Cl)CCCCC1=O. The smallest absolute Gasteiger partial charge is 0.233 e. The molecule has 1 aliphatic rings. The molecule has 1 saturated carbocycles. The van der Waals surface area contributed by atoms with Crippen LogP contribution >= 0.6 is 11.6 Å². The molecule has 3 N–H and O–H groups in total. The van der Waals surface area contributed by atoms with Crippen molar-refractivity contribution in [1.82, 2.24) is 5.32 Å². The minimum absolute atomic E-state index is 0.0766. The number of ketones is 1. The first kappa shape index (κ1) is 15.0. The molecule has 0 aromatic heterocycles. The van der Waals surface area contributed by atoms with Crippen molar-refractivity contribution >= 4 is 23.3 Å². The predicted octanol–water partition coefficient (Wildman–Crippen LogP) is 1.80. The molecule has 0 heterocycles. The number of nitrogens with two attached hydrogens (primary N) is 1. The Bertz CT molecular complexity index is 518. The standard InChI is InChI=1S/C15H19ClN2O2/c16-12-6-2-1-5-11(12)15(10-18-14(20)9-17)8-4-3-7-13(15)19/h1-2,5-6H,3-4,7-10,17H2,(H,18,20)/t15-/m1/s1. The van der Waals surface area contributed by atoms with Crippen LogP contribution in [-0.2, 0) is 15.0 Å². The minimum Gasteiger partial charge on any atom is -0.354 e. The van der Waals surface area contributed by atoms with Gasteiger partial charge in [-0.2, -0.15) is 0 Å². The van der Waals surface area contributed by atoms with E-state index in [2.05, 4.69) is 5.32 Å². The zero-order chi connectivity index (χ0) is 14.6. The molecule has 2 rings (SSSR count). The van der Waals surface area contributed by atoms with E-state index in [-0.39, 0.29) is 24.8 Å². The fourth-order valence-corrected chi connectivity index (χ4v) is 3.15. The van der Waals surface area contributed by atoms with Crippen molar-refractivity contribution < 1.29 is 9.59 Å². The number of hydrogen-bond acceptors (Lipinski definition) is 3. The fraction of sp³-hybridized carbons (Fsp3) is 0.467. The Hall–Kier alpha value is -1.39. The van der Waals surface area contributed by atoms with Gasteiger partial charge < -0.3 is 11.1 Å². The number of Topliss-reactive ketones (excluding diaryl/α,β-unsaturated/α-hetero) is 1. The Morgan fingerprint density at radius 2 is 2.10 bits per heavy atom. The molecule has 1 aliphatic carbocycles. The lowest BCUT2D eigenvalue weighted by Crippen LogP contribution is -2.49. The summed E-state index contributed by atoms with van der Waals surface area (Å²) in [4.78, 5) is 24.0. The lowest BCUT2D eigenvalue weighted by Gasteiger charge is -2.37. The number of carbonyl (C=O) groups is 2. The molecule has 1 atom stereocenters. The largest absolute Gasteiger partial charge is 0.354 e. The first-order valence-corrected chi connectivity index (χ1v) is 7.23. The van der Waals surface area contributed by atoms with Gasteiger partial charge in [0.1, 0.15) is 5.78 Å². The molecule has 0 saturated heterocycles. The van der Waals surface area contributed by atoms with Crippen LogP contribution in [0.4, 0.5) is 0 Å². The third kappa shape index (κ3) is 2.86. The van der Waals surface area contributed by atoms with E-state index in [1.165, 1.54) is 0 Å². The fourth-order valence-electron chi connectivity index (χ4n) is 2.83. The highest BCUT2D eigenvalue weighted by Gasteiger charge is 2.42. The molecular formula is C15H19ClN2O2. The summed E-state index contributed by atoms with van der Waals surface area (Å²) in [5.74, 6) is -0.107. The van der Waals surface area contributed by atoms with Gasteiger partial charge in [0.15, 0.2) is 0 Å². The van der Waals surface area contributed by atoms with Gasteiger partial charge >= 0.3 is 0 Å². The molecule has 4 nitrogen and oxygen atoms in total. The monoisotopic (exact) mass is 294 g/mol. The van der Waals surface area contributed by atoms with E-state index in [4.69, 9.17) is 17.3 Å². The van der Waals surface area contributed by atoms with Crippen LogP contribution in [0.1, 0.15) is 31.2 Å². The normalized spacial score (nSPS) is 22.6. The van der Waals surface area contributed by atoms with Crippen molar-refractivity contribution in [1.29, 1.82) is 0 Å². The predicted molar refractivity (Wildman–Crippen MR) is 78.7 cm³/mol. The number of nitrogens with one attached hydrogen (secondary N) is 1. The maximum Gasteiger partial charge on any atom is 0.233 e. The molecule has 1 aromatic carbocycles. The van der Waals surface area contributed by atoms with Crippen molar-refractivity contribution in [3.63, 3.8) is 0 Å². The molecular weight excluding hydrogens is 276 g/mol. The van der Waals surface area contributed by atoms with E-state index in [0.29, 0.717) is 17.9 Å². The van der Waals surface area contributed by atoms with E-state index in [0.717, 1.165) is 18.4 Å². The van der Waals surface area contributed by atoms with Gasteiger partial charge in [0.25, 0.3) is 0 Å². The second-order valence-electron chi connectivity index (χ2n) is 5.17. The Morgan fingerprint density at radius 3 is 2.75 bits per heavy atom. The number of carbonyl (C=O) groups excluding carboxylic acids is 2. The molecule has 20 heavy (non-hydrogen) atoms. The van der Waals surface area contributed by atoms with Crippen LogP contribution < -0.4 is 11.1 Å². The third-order valence-corrected chi connectivity index (χ3v) is 4.28. The molecule has 1 amide bonds. The van der Waals surface area contributed by atoms with Gasteiger partial charge in [0.2, 0.25) is 5.91 Å². The second kappa shape index (κ2) is 6.37. The summed E-state index contributed by atoms with van der Waals surface area (Å²) < 4.78 is 0. The number of halogens is 1. The van der Waals surface area contributed by atoms with Crippen molar-refractivity contribution in [2.45, 2.75) is 31.1 Å². The summed E-state index contributed by atoms with van der Waals surface area (Å²) in [5, 5.41) is 3.33. The quantitative estimate of drug-likeness (QED) is 0.889. The van der Waals surface area contributed by atoms with E-state index in [9.17, 15) is 9.59 Å². The number of amides is 1. The zero-order valence-electron chi connectivity index (χ0n) is 11.3. The lowest BCUT2D eigenvalue weighted by molar-refractivity contribution is -0.127. The van der Waals surface area contributed by atoms with Crippen LogP contribution in [0.2, 0.25) is 5.02 Å². The van der Waals surface area contributed by atoms with Crippen LogP contribution in [0.3, 0.4) is 0 Å². The van der Waals surface area contributed by atoms with Gasteiger partial charge in [0.05, 0.1) is 12.0 Å². The maximum absolute atomic E-state index is 12.5. The Morgan fingerprint density at radius 1 is 1.35 bits per heavy atom. The summed E-state index contributed by atoms with van der Waals surface area (Å²) in [6.45, 7) is 0.193. The molecule has 1 fully saturated rings. The second-order valence-corrected chi connectivity index (χ2v) is 5.58. The summed E-state index contributed by atoms with van der Waals surface area (Å²) in [7, 11) is 0. The highest BCUT2D eigenvalue weighted by atomic mass is 35.5. The Balaban J connectivity index is 2.36. The van der Waals surface area contributed by atoms with Gasteiger partial charge in [0, 0.05) is 18.0 Å². The zero-order valence-corrected chi connectivity index (χ0v) is 12.1. The first-order valence-electron chi connectivity index (χ1n) is 6.85. The molecule has 108 valence electrons. The molecule has 0 unspecified atom stereocenters. The molecule has 1 aromatic rings. The maximum atomic E-state index is 12.5. The van der Waals surface area contributed by atoms with Crippen molar-refractivity contribution in [2.75, 3.05) is 13.1 Å². The van der Waals surface area contributed by atoms with Gasteiger partial charge in [-0.15, -0.1) is 0 Å². The van der Waals surface area contributed by atoms with Crippen LogP contribution in [0.25, 0.3) is 0 Å². The van der Waals surface area contributed by atoms with E-state index in [1.54, 1.807) is 6.07 Å². The summed E-state index contributed by atoms with van der Waals surface area (Å²) in [5.41, 5.74) is 5.41. The summed E-state index contributed by atoms with van der Waals surface area (Å²) in [6.07, 6.45) is 3.09. The lowest BCUT2D eigenvalue weighted by atomic mass is 9.68. The van der Waals surface area contributed by atoms with Crippen molar-refractivity contribution in [3.05, 3.63) is 34.9 Å². The Kier molecular flexibility index (Phi) is 4.78. The summed E-state index contributed by atoms with van der Waals surface area (Å²) >= 11 is 6.27. The number of rotatable bonds is 4. The van der Waals surface area contributed by atoms with E-state index in [1.807, 2.05) is 18.2 Å². The van der Waals surface area contributed by atoms with Crippen molar-refractivity contribution in [3.8, 4) is 0 Å². The van der Waals surface area contributed by atoms with Gasteiger partial charge in [-0.3, -0.25) is 9.59 Å². The Labute approximate surface area is 123 Å². The average molecular weight is 295 g/mol. The molecule has 0 aliphatic heterocycles. The first-order chi connectivity index (χ1) is 9.60. The summed E-state index contributed by atoms with van der Waals surface area (Å²) in [6, 6.07) is 7.37. The number of hydrogen-bond donors (Lipinski definition) is 2. The van der Waals surface area contributed by atoms with Crippen LogP contribution in [-0.4, -0.2) is 24.8 Å². The highest BCUT2D eigenvalue weighted by molar-refractivity contribution is 6.31. The molecule has 0 spiro atoms. The third-order valence-electron chi connectivity index (χ3n) is 3.95.